The van der Waals surface area contributed by atoms with Gasteiger partial charge in [-0.15, -0.1) is 12.4 Å². The van der Waals surface area contributed by atoms with Crippen LogP contribution in [0.4, 0.5) is 0 Å². The molecule has 1 aromatic carbocycles. The number of amides is 1. The fourth-order valence-corrected chi connectivity index (χ4v) is 4.64. The number of benzene rings is 1. The van der Waals surface area contributed by atoms with Crippen molar-refractivity contribution in [1.29, 1.82) is 0 Å². The van der Waals surface area contributed by atoms with E-state index in [0.29, 0.717) is 11.5 Å². The van der Waals surface area contributed by atoms with Crippen LogP contribution in [-0.4, -0.2) is 43.1 Å². The van der Waals surface area contributed by atoms with Crippen molar-refractivity contribution in [1.82, 2.24) is 10.2 Å². The minimum Gasteiger partial charge on any atom is -0.490 e. The Bertz CT molecular complexity index is 583. The summed E-state index contributed by atoms with van der Waals surface area (Å²) in [5.74, 6) is 1.07. The monoisotopic (exact) mass is 378 g/mol. The summed E-state index contributed by atoms with van der Waals surface area (Å²) >= 11 is 0. The van der Waals surface area contributed by atoms with Gasteiger partial charge in [-0.05, 0) is 81.2 Å². The highest BCUT2D eigenvalue weighted by molar-refractivity contribution is 5.94. The first-order valence-electron chi connectivity index (χ1n) is 10.0. The van der Waals surface area contributed by atoms with Crippen LogP contribution in [0.1, 0.15) is 61.7 Å². The van der Waals surface area contributed by atoms with E-state index in [0.717, 1.165) is 63.2 Å². The number of nitrogens with zero attached hydrogens (tertiary/aromatic N) is 1. The van der Waals surface area contributed by atoms with Crippen LogP contribution < -0.4 is 10.1 Å². The van der Waals surface area contributed by atoms with E-state index >= 15 is 0 Å². The maximum Gasteiger partial charge on any atom is 0.253 e. The smallest absolute Gasteiger partial charge is 0.253 e. The molecular formula is C21H31ClN2O2. The summed E-state index contributed by atoms with van der Waals surface area (Å²) in [5.41, 5.74) is 1.24. The van der Waals surface area contributed by atoms with E-state index in [1.54, 1.807) is 0 Å². The van der Waals surface area contributed by atoms with Gasteiger partial charge in [0.1, 0.15) is 5.75 Å². The molecule has 2 saturated heterocycles. The van der Waals surface area contributed by atoms with Gasteiger partial charge in [0.05, 0.1) is 6.10 Å². The highest BCUT2D eigenvalue weighted by Crippen LogP contribution is 2.37. The maximum absolute atomic E-state index is 12.8. The Labute approximate surface area is 163 Å². The zero-order chi connectivity index (χ0) is 17.1. The molecule has 4 rings (SSSR count). The van der Waals surface area contributed by atoms with Crippen molar-refractivity contribution in [2.24, 2.45) is 5.41 Å². The van der Waals surface area contributed by atoms with E-state index in [1.165, 1.54) is 25.7 Å². The zero-order valence-corrected chi connectivity index (χ0v) is 16.4. The fraction of sp³-hybridized carbons (Fsp3) is 0.667. The lowest BCUT2D eigenvalue weighted by Gasteiger charge is -2.38. The van der Waals surface area contributed by atoms with E-state index in [1.807, 2.05) is 29.2 Å². The number of carbonyl (C=O) groups excluding carboxylic acids is 1. The molecule has 1 aromatic rings. The van der Waals surface area contributed by atoms with Gasteiger partial charge in [-0.25, -0.2) is 0 Å². The lowest BCUT2D eigenvalue weighted by molar-refractivity contribution is 0.0607. The first-order chi connectivity index (χ1) is 12.2. The third-order valence-corrected chi connectivity index (χ3v) is 6.40. The Hall–Kier alpha value is -1.26. The lowest BCUT2D eigenvalue weighted by atomic mass is 9.78. The molecule has 1 N–H and O–H groups in total. The normalized spacial score (nSPS) is 22.8. The molecule has 3 fully saturated rings. The van der Waals surface area contributed by atoms with Crippen molar-refractivity contribution < 1.29 is 9.53 Å². The molecule has 3 aliphatic rings. The number of carbonyl (C=O) groups is 1. The van der Waals surface area contributed by atoms with E-state index < -0.39 is 0 Å². The molecule has 2 heterocycles. The van der Waals surface area contributed by atoms with Crippen LogP contribution in [0.5, 0.6) is 5.75 Å². The van der Waals surface area contributed by atoms with Gasteiger partial charge in [0, 0.05) is 25.2 Å². The minimum atomic E-state index is 0. The van der Waals surface area contributed by atoms with Gasteiger partial charge in [0.15, 0.2) is 0 Å². The van der Waals surface area contributed by atoms with Crippen LogP contribution in [0.25, 0.3) is 0 Å². The molecule has 5 heteroatoms. The standard InChI is InChI=1S/C21H30N2O2.ClH/c24-20(23-14-11-21(12-15-23)10-13-22-16-21)17-6-8-19(9-7-17)25-18-4-2-1-3-5-18;/h6-9,18,22H,1-5,10-16H2;1H. The Balaban J connectivity index is 0.00000196. The first kappa shape index (κ1) is 19.5. The molecule has 0 unspecified atom stereocenters. The van der Waals surface area contributed by atoms with Crippen LogP contribution in [0.2, 0.25) is 0 Å². The second-order valence-corrected chi connectivity index (χ2v) is 8.12. The molecule has 1 spiro atoms. The van der Waals surface area contributed by atoms with Crippen molar-refractivity contribution in [3.63, 3.8) is 0 Å². The van der Waals surface area contributed by atoms with Crippen LogP contribution in [0, 0.1) is 5.41 Å². The molecular weight excluding hydrogens is 348 g/mol. The van der Waals surface area contributed by atoms with Crippen molar-refractivity contribution >= 4 is 18.3 Å². The number of hydrogen-bond donors (Lipinski definition) is 1. The second kappa shape index (κ2) is 8.62. The summed E-state index contributed by atoms with van der Waals surface area (Å²) < 4.78 is 6.07. The number of hydrogen-bond acceptors (Lipinski definition) is 3. The molecule has 1 saturated carbocycles. The summed E-state index contributed by atoms with van der Waals surface area (Å²) in [7, 11) is 0. The largest absolute Gasteiger partial charge is 0.490 e. The summed E-state index contributed by atoms with van der Waals surface area (Å²) in [6, 6.07) is 7.80. The van der Waals surface area contributed by atoms with Crippen LogP contribution in [0.3, 0.4) is 0 Å². The number of rotatable bonds is 3. The third kappa shape index (κ3) is 4.34. The molecule has 0 aromatic heterocycles. The average molecular weight is 379 g/mol. The second-order valence-electron chi connectivity index (χ2n) is 8.12. The Morgan fingerprint density at radius 3 is 2.35 bits per heavy atom. The highest BCUT2D eigenvalue weighted by atomic mass is 35.5. The Kier molecular flexibility index (Phi) is 6.46. The first-order valence-corrected chi connectivity index (χ1v) is 10.0. The molecule has 1 amide bonds. The number of piperidine rings is 1. The Morgan fingerprint density at radius 2 is 1.73 bits per heavy atom. The van der Waals surface area contributed by atoms with Crippen molar-refractivity contribution in [2.45, 2.75) is 57.5 Å². The van der Waals surface area contributed by atoms with E-state index in [4.69, 9.17) is 4.74 Å². The number of halogens is 1. The predicted octanol–water partition coefficient (Wildman–Crippen LogP) is 4.04. The van der Waals surface area contributed by atoms with Crippen molar-refractivity contribution in [3.05, 3.63) is 29.8 Å². The fourth-order valence-electron chi connectivity index (χ4n) is 4.64. The van der Waals surface area contributed by atoms with Gasteiger partial charge in [0.2, 0.25) is 0 Å². The van der Waals surface area contributed by atoms with Crippen LogP contribution >= 0.6 is 12.4 Å². The number of nitrogens with one attached hydrogen (secondary N) is 1. The van der Waals surface area contributed by atoms with Crippen molar-refractivity contribution in [2.75, 3.05) is 26.2 Å². The average Bonchev–Trinajstić information content (AvgIpc) is 3.11. The molecule has 2 aliphatic heterocycles. The zero-order valence-electron chi connectivity index (χ0n) is 15.5. The molecule has 4 nitrogen and oxygen atoms in total. The topological polar surface area (TPSA) is 41.6 Å². The van der Waals surface area contributed by atoms with Gasteiger partial charge in [-0.3, -0.25) is 4.79 Å². The van der Waals surface area contributed by atoms with E-state index in [2.05, 4.69) is 5.32 Å². The summed E-state index contributed by atoms with van der Waals surface area (Å²) in [6.45, 7) is 4.04. The maximum atomic E-state index is 12.8. The van der Waals surface area contributed by atoms with Gasteiger partial charge in [-0.1, -0.05) is 6.42 Å². The summed E-state index contributed by atoms with van der Waals surface area (Å²) in [4.78, 5) is 14.8. The van der Waals surface area contributed by atoms with Gasteiger partial charge in [-0.2, -0.15) is 0 Å². The molecule has 144 valence electrons. The van der Waals surface area contributed by atoms with Gasteiger partial charge in [0.25, 0.3) is 5.91 Å². The highest BCUT2D eigenvalue weighted by Gasteiger charge is 2.38. The van der Waals surface area contributed by atoms with E-state index in [-0.39, 0.29) is 18.3 Å². The summed E-state index contributed by atoms with van der Waals surface area (Å²) in [6.07, 6.45) is 10.1. The van der Waals surface area contributed by atoms with Crippen LogP contribution in [0.15, 0.2) is 24.3 Å². The van der Waals surface area contributed by atoms with Gasteiger partial charge < -0.3 is 15.0 Å². The third-order valence-electron chi connectivity index (χ3n) is 6.40. The molecule has 0 radical (unpaired) electrons. The number of likely N-dealkylation sites (tertiary alicyclic amines) is 1. The SMILES string of the molecule is Cl.O=C(c1ccc(OC2CCCCC2)cc1)N1CCC2(CCNC2)CC1. The summed E-state index contributed by atoms with van der Waals surface area (Å²) in [5, 5.41) is 3.48. The van der Waals surface area contributed by atoms with Crippen molar-refractivity contribution in [3.8, 4) is 5.75 Å². The quantitative estimate of drug-likeness (QED) is 0.863. The number of ether oxygens (including phenoxy) is 1. The van der Waals surface area contributed by atoms with Gasteiger partial charge >= 0.3 is 0 Å². The molecule has 0 bridgehead atoms. The van der Waals surface area contributed by atoms with Crippen LogP contribution in [-0.2, 0) is 0 Å². The predicted molar refractivity (Wildman–Crippen MR) is 106 cm³/mol. The molecule has 0 atom stereocenters. The van der Waals surface area contributed by atoms with E-state index in [9.17, 15) is 4.79 Å². The minimum absolute atomic E-state index is 0. The molecule has 1 aliphatic carbocycles. The lowest BCUT2D eigenvalue weighted by Crippen LogP contribution is -2.44. The molecule has 26 heavy (non-hydrogen) atoms. The Morgan fingerprint density at radius 1 is 1.04 bits per heavy atom.